The van der Waals surface area contributed by atoms with Gasteiger partial charge >= 0.3 is 0 Å². The third kappa shape index (κ3) is 3.01. The number of likely N-dealkylation sites (tertiary alicyclic amines) is 1. The van der Waals surface area contributed by atoms with E-state index in [9.17, 15) is 9.59 Å². The first-order valence-electron chi connectivity index (χ1n) is 7.79. The Kier molecular flexibility index (Phi) is 4.44. The summed E-state index contributed by atoms with van der Waals surface area (Å²) in [6.07, 6.45) is 1.93. The van der Waals surface area contributed by atoms with Crippen LogP contribution in [0.1, 0.15) is 33.2 Å². The predicted octanol–water partition coefficient (Wildman–Crippen LogP) is 0.796. The molecule has 6 nitrogen and oxygen atoms in total. The van der Waals surface area contributed by atoms with Crippen LogP contribution in [0.3, 0.4) is 0 Å². The van der Waals surface area contributed by atoms with E-state index < -0.39 is 0 Å². The summed E-state index contributed by atoms with van der Waals surface area (Å²) in [5.74, 6) is 0.214. The number of hydrogen-bond acceptors (Lipinski definition) is 5. The number of nitrogens with zero attached hydrogens (tertiary/aromatic N) is 3. The fourth-order valence-corrected chi connectivity index (χ4v) is 4.16. The van der Waals surface area contributed by atoms with Crippen molar-refractivity contribution in [2.24, 2.45) is 0 Å². The first kappa shape index (κ1) is 15.4. The van der Waals surface area contributed by atoms with Gasteiger partial charge < -0.3 is 15.1 Å². The monoisotopic (exact) mass is 322 g/mol. The van der Waals surface area contributed by atoms with Crippen molar-refractivity contribution in [3.63, 3.8) is 0 Å². The van der Waals surface area contributed by atoms with E-state index in [1.54, 1.807) is 0 Å². The van der Waals surface area contributed by atoms with Gasteiger partial charge in [0.2, 0.25) is 5.91 Å². The number of thiazole rings is 1. The Morgan fingerprint density at radius 2 is 2.18 bits per heavy atom. The first-order chi connectivity index (χ1) is 10.6. The third-order valence-corrected chi connectivity index (χ3v) is 5.41. The molecule has 0 saturated carbocycles. The maximum Gasteiger partial charge on any atom is 0.265 e. The number of rotatable bonds is 2. The van der Waals surface area contributed by atoms with Gasteiger partial charge in [-0.25, -0.2) is 4.98 Å². The number of piperidine rings is 1. The number of carbonyl (C=O) groups excluding carboxylic acids is 2. The van der Waals surface area contributed by atoms with Gasteiger partial charge in [0.05, 0.1) is 17.2 Å². The molecule has 0 aromatic carbocycles. The number of aryl methyl sites for hydroxylation is 2. The summed E-state index contributed by atoms with van der Waals surface area (Å²) in [7, 11) is 0. The Morgan fingerprint density at radius 1 is 1.36 bits per heavy atom. The van der Waals surface area contributed by atoms with Crippen LogP contribution >= 0.6 is 11.3 Å². The number of amides is 2. The number of hydrogen-bond donors (Lipinski definition) is 1. The van der Waals surface area contributed by atoms with Gasteiger partial charge in [0.25, 0.3) is 5.91 Å². The van der Waals surface area contributed by atoms with Crippen molar-refractivity contribution >= 4 is 23.2 Å². The van der Waals surface area contributed by atoms with E-state index in [-0.39, 0.29) is 17.9 Å². The summed E-state index contributed by atoms with van der Waals surface area (Å²) >= 11 is 1.46. The summed E-state index contributed by atoms with van der Waals surface area (Å²) in [4.78, 5) is 33.7. The quantitative estimate of drug-likeness (QED) is 0.874. The predicted molar refractivity (Wildman–Crippen MR) is 85.1 cm³/mol. The molecule has 1 aromatic rings. The number of aromatic nitrogens is 1. The van der Waals surface area contributed by atoms with Crippen LogP contribution in [0.15, 0.2) is 0 Å². The SMILES string of the molecule is Cc1nc(C)c(C(=O)N2CCCC(N3CCNCC3=O)C2)s1. The van der Waals surface area contributed by atoms with Crippen molar-refractivity contribution in [1.29, 1.82) is 0 Å². The van der Waals surface area contributed by atoms with Crippen molar-refractivity contribution in [1.82, 2.24) is 20.1 Å². The van der Waals surface area contributed by atoms with Crippen molar-refractivity contribution in [2.75, 3.05) is 32.7 Å². The summed E-state index contributed by atoms with van der Waals surface area (Å²) in [6.45, 7) is 7.21. The van der Waals surface area contributed by atoms with Crippen LogP contribution in [-0.2, 0) is 4.79 Å². The first-order valence-corrected chi connectivity index (χ1v) is 8.61. The molecule has 1 unspecified atom stereocenters. The van der Waals surface area contributed by atoms with Crippen LogP contribution in [0.2, 0.25) is 0 Å². The number of nitrogens with one attached hydrogen (secondary N) is 1. The van der Waals surface area contributed by atoms with E-state index in [0.717, 1.165) is 48.1 Å². The zero-order valence-corrected chi connectivity index (χ0v) is 13.9. The molecule has 120 valence electrons. The molecule has 0 bridgehead atoms. The Hall–Kier alpha value is -1.47. The Bertz CT molecular complexity index is 586. The van der Waals surface area contributed by atoms with E-state index in [2.05, 4.69) is 10.3 Å². The molecule has 3 rings (SSSR count). The van der Waals surface area contributed by atoms with Gasteiger partial charge in [0.1, 0.15) is 4.88 Å². The number of piperazine rings is 1. The van der Waals surface area contributed by atoms with Gasteiger partial charge in [-0.15, -0.1) is 11.3 Å². The highest BCUT2D eigenvalue weighted by Crippen LogP contribution is 2.23. The van der Waals surface area contributed by atoms with Crippen molar-refractivity contribution in [2.45, 2.75) is 32.7 Å². The minimum Gasteiger partial charge on any atom is -0.336 e. The Labute approximate surface area is 134 Å². The molecule has 1 N–H and O–H groups in total. The van der Waals surface area contributed by atoms with Crippen LogP contribution in [0.25, 0.3) is 0 Å². The smallest absolute Gasteiger partial charge is 0.265 e. The molecule has 7 heteroatoms. The van der Waals surface area contributed by atoms with Crippen LogP contribution in [0.5, 0.6) is 0 Å². The van der Waals surface area contributed by atoms with E-state index in [4.69, 9.17) is 0 Å². The molecule has 1 aromatic heterocycles. The lowest BCUT2D eigenvalue weighted by Gasteiger charge is -2.41. The second-order valence-corrected chi connectivity index (χ2v) is 7.16. The molecule has 3 heterocycles. The van der Waals surface area contributed by atoms with Gasteiger partial charge in [-0.1, -0.05) is 0 Å². The van der Waals surface area contributed by atoms with Crippen molar-refractivity contribution in [3.05, 3.63) is 15.6 Å². The van der Waals surface area contributed by atoms with Crippen molar-refractivity contribution < 1.29 is 9.59 Å². The molecule has 0 spiro atoms. The highest BCUT2D eigenvalue weighted by atomic mass is 32.1. The minimum absolute atomic E-state index is 0.0652. The zero-order chi connectivity index (χ0) is 15.7. The summed E-state index contributed by atoms with van der Waals surface area (Å²) in [6, 6.07) is 0.154. The molecule has 2 amide bonds. The molecule has 0 aliphatic carbocycles. The lowest BCUT2D eigenvalue weighted by atomic mass is 10.0. The van der Waals surface area contributed by atoms with E-state index in [0.29, 0.717) is 13.1 Å². The standard InChI is InChI=1S/C15H22N4O2S/c1-10-14(22-11(2)17-10)15(21)18-6-3-4-12(9-18)19-7-5-16-8-13(19)20/h12,16H,3-9H2,1-2H3. The molecule has 2 saturated heterocycles. The van der Waals surface area contributed by atoms with Gasteiger partial charge in [0, 0.05) is 32.2 Å². The van der Waals surface area contributed by atoms with Crippen LogP contribution in [-0.4, -0.2) is 65.4 Å². The third-order valence-electron chi connectivity index (χ3n) is 4.35. The lowest BCUT2D eigenvalue weighted by molar-refractivity contribution is -0.135. The van der Waals surface area contributed by atoms with Gasteiger partial charge in [0.15, 0.2) is 0 Å². The van der Waals surface area contributed by atoms with E-state index >= 15 is 0 Å². The Balaban J connectivity index is 1.71. The lowest BCUT2D eigenvalue weighted by Crippen LogP contribution is -2.57. The van der Waals surface area contributed by atoms with E-state index in [1.807, 2.05) is 23.6 Å². The topological polar surface area (TPSA) is 65.5 Å². The fraction of sp³-hybridized carbons (Fsp3) is 0.667. The molecule has 1 atom stereocenters. The highest BCUT2D eigenvalue weighted by molar-refractivity contribution is 7.13. The average Bonchev–Trinajstić information content (AvgIpc) is 2.86. The molecule has 22 heavy (non-hydrogen) atoms. The molecular formula is C15H22N4O2S. The van der Waals surface area contributed by atoms with Gasteiger partial charge in [-0.2, -0.15) is 0 Å². The highest BCUT2D eigenvalue weighted by Gasteiger charge is 2.32. The number of carbonyl (C=O) groups is 2. The molecule has 2 aliphatic heterocycles. The average molecular weight is 322 g/mol. The molecule has 2 aliphatic rings. The van der Waals surface area contributed by atoms with Crippen LogP contribution in [0, 0.1) is 13.8 Å². The van der Waals surface area contributed by atoms with E-state index in [1.165, 1.54) is 11.3 Å². The van der Waals surface area contributed by atoms with Gasteiger partial charge in [-0.3, -0.25) is 9.59 Å². The fourth-order valence-electron chi connectivity index (χ4n) is 3.27. The summed E-state index contributed by atoms with van der Waals surface area (Å²) in [5, 5.41) is 4.02. The van der Waals surface area contributed by atoms with Gasteiger partial charge in [-0.05, 0) is 26.7 Å². The second-order valence-electron chi connectivity index (χ2n) is 5.96. The zero-order valence-electron chi connectivity index (χ0n) is 13.1. The summed E-state index contributed by atoms with van der Waals surface area (Å²) < 4.78 is 0. The Morgan fingerprint density at radius 3 is 2.86 bits per heavy atom. The van der Waals surface area contributed by atoms with Crippen molar-refractivity contribution in [3.8, 4) is 0 Å². The van der Waals surface area contributed by atoms with Crippen LogP contribution in [0.4, 0.5) is 0 Å². The second kappa shape index (κ2) is 6.34. The maximum atomic E-state index is 12.7. The largest absolute Gasteiger partial charge is 0.336 e. The molecule has 0 radical (unpaired) electrons. The van der Waals surface area contributed by atoms with Crippen LogP contribution < -0.4 is 5.32 Å². The minimum atomic E-state index is 0.0652. The maximum absolute atomic E-state index is 12.7. The molecule has 2 fully saturated rings. The molecular weight excluding hydrogens is 300 g/mol. The summed E-state index contributed by atoms with van der Waals surface area (Å²) in [5.41, 5.74) is 0.813. The normalized spacial score (nSPS) is 23.0.